The van der Waals surface area contributed by atoms with Crippen molar-refractivity contribution in [2.75, 3.05) is 28.4 Å². The van der Waals surface area contributed by atoms with Crippen LogP contribution >= 0.6 is 21.4 Å². The molecule has 0 aromatic heterocycles. The van der Waals surface area contributed by atoms with Gasteiger partial charge in [-0.25, -0.2) is 0 Å². The van der Waals surface area contributed by atoms with E-state index in [4.69, 9.17) is 61.6 Å². The van der Waals surface area contributed by atoms with Crippen LogP contribution in [-0.4, -0.2) is 47.3 Å². The second-order valence-electron chi connectivity index (χ2n) is 28.5. The van der Waals surface area contributed by atoms with E-state index in [1.807, 2.05) is 126 Å². The number of halogens is 6. The van der Waals surface area contributed by atoms with E-state index in [0.717, 1.165) is 66.8 Å². The zero-order valence-corrected chi connectivity index (χ0v) is 69.0. The largest absolute Gasteiger partial charge is 0.586 e. The van der Waals surface area contributed by atoms with Crippen molar-refractivity contribution in [1.29, 1.82) is 0 Å². The second-order valence-corrected chi connectivity index (χ2v) is 36.8. The molecule has 0 saturated carbocycles. The van der Waals surface area contributed by atoms with Crippen LogP contribution in [0.2, 0.25) is 0 Å². The second kappa shape index (κ2) is 32.2. The Labute approximate surface area is 668 Å². The highest BCUT2D eigenvalue weighted by Gasteiger charge is 2.50. The van der Waals surface area contributed by atoms with Crippen molar-refractivity contribution in [3.8, 4) is 92.0 Å². The van der Waals surface area contributed by atoms with Crippen LogP contribution in [0.5, 0.6) is 92.0 Å². The molecule has 0 spiro atoms. The lowest BCUT2D eigenvalue weighted by Crippen LogP contribution is -2.27. The molecule has 0 saturated heterocycles. The topological polar surface area (TPSA) is 171 Å². The molecule has 0 fully saturated rings. The average molecular weight is 1640 g/mol. The van der Waals surface area contributed by atoms with Gasteiger partial charge >= 0.3 is 18.9 Å². The summed E-state index contributed by atoms with van der Waals surface area (Å²) in [5.74, 6) is 2.29. The lowest BCUT2D eigenvalue weighted by molar-refractivity contribution is -0.287. The first-order valence-corrected chi connectivity index (χ1v) is 41.7. The van der Waals surface area contributed by atoms with Crippen LogP contribution in [0.1, 0.15) is 66.8 Å². The molecular weight excluding hydrogens is 1560 g/mol. The standard InChI is InChI=1S/2C31H29F2O6P.C29H25F2O4P/c2*1-18-12-23(13-19(2)28(18)35-5)40(34,24-14-20(3)29(36-6)21(4)15-24)25-16-26(37-22-10-8-7-9-11-22)30-27(17-25)38-31(32,33)39-30;1-18-10-19(2)13-23(12-18)36(32,24-14-20(3)11-21(4)15-24)25-16-26(33-22-8-6-5-7-9-22)28-27(17-25)34-29(30,31)35-28/h2*7-17H,1-6H3;5-17H,1-4H3. The van der Waals surface area contributed by atoms with E-state index in [2.05, 4.69) is 0 Å². The molecule has 3 aliphatic heterocycles. The molecule has 12 aromatic carbocycles. The van der Waals surface area contributed by atoms with Gasteiger partial charge in [0.1, 0.15) is 40.2 Å². The van der Waals surface area contributed by atoms with E-state index in [0.29, 0.717) is 77.4 Å². The van der Waals surface area contributed by atoms with Crippen LogP contribution in [0.15, 0.2) is 212 Å². The molecule has 0 unspecified atom stereocenters. The molecule has 600 valence electrons. The fraction of sp³-hybridized carbons (Fsp3) is 0.209. The summed E-state index contributed by atoms with van der Waals surface area (Å²) in [7, 11) is -4.68. The van der Waals surface area contributed by atoms with Crippen molar-refractivity contribution in [3.05, 3.63) is 279 Å². The van der Waals surface area contributed by atoms with E-state index < -0.39 is 40.3 Å². The molecule has 0 atom stereocenters. The smallest absolute Gasteiger partial charge is 0.496 e. The molecule has 3 heterocycles. The molecule has 0 bridgehead atoms. The van der Waals surface area contributed by atoms with Crippen molar-refractivity contribution in [2.45, 2.75) is 102 Å². The third-order valence-electron chi connectivity index (χ3n) is 19.6. The number of hydrogen-bond donors (Lipinski definition) is 0. The number of hydrogen-bond acceptors (Lipinski definition) is 16. The van der Waals surface area contributed by atoms with Gasteiger partial charge in [0.15, 0.2) is 55.9 Å². The third kappa shape index (κ3) is 16.5. The van der Waals surface area contributed by atoms with Gasteiger partial charge in [0.2, 0.25) is 17.2 Å². The molecule has 25 heteroatoms. The van der Waals surface area contributed by atoms with Gasteiger partial charge in [0.25, 0.3) is 0 Å². The first kappa shape index (κ1) is 82.3. The Bertz CT molecular complexity index is 5400. The Balaban J connectivity index is 0.000000152. The van der Waals surface area contributed by atoms with Crippen molar-refractivity contribution in [1.82, 2.24) is 0 Å². The molecule has 15 rings (SSSR count). The minimum absolute atomic E-state index is 0.000139. The summed E-state index contributed by atoms with van der Waals surface area (Å²) < 4.78 is 201. The number of para-hydroxylation sites is 3. The van der Waals surface area contributed by atoms with Crippen LogP contribution < -0.4 is 109 Å². The number of benzene rings is 12. The highest BCUT2D eigenvalue weighted by molar-refractivity contribution is 7.86. The molecule has 0 radical (unpaired) electrons. The summed E-state index contributed by atoms with van der Waals surface area (Å²) in [6.07, 6.45) is -11.7. The Kier molecular flexibility index (Phi) is 22.8. The number of aryl methyl sites for hydroxylation is 12. The SMILES string of the molecule is COc1c(C)cc(P(=O)(c2cc(C)c(OC)c(C)c2)c2cc(Oc3ccccc3)c3c(c2)OC(F)(F)O3)cc1C.COc1c(C)cc(P(=O)(c2cc(C)c(OC)c(C)c2)c2cc(Oc3ccccc3)c3c(c2)OC(F)(F)O3)cc1C.Cc1cc(C)cc(P(=O)(c2cc(C)cc(C)c2)c2cc(Oc3ccccc3)c3c(c2)OC(F)(F)O3)c1. The molecule has 116 heavy (non-hydrogen) atoms. The van der Waals surface area contributed by atoms with Gasteiger partial charge in [-0.15, -0.1) is 26.3 Å². The zero-order valence-electron chi connectivity index (χ0n) is 66.3. The van der Waals surface area contributed by atoms with Crippen LogP contribution in [-0.2, 0) is 13.7 Å². The molecular formula is C91H83F6O16P3. The monoisotopic (exact) mass is 1640 g/mol. The lowest BCUT2D eigenvalue weighted by Gasteiger charge is -2.24. The summed E-state index contributed by atoms with van der Waals surface area (Å²) >= 11 is 0. The molecule has 12 aromatic rings. The van der Waals surface area contributed by atoms with Gasteiger partial charge in [0, 0.05) is 47.7 Å². The number of rotatable bonds is 19. The van der Waals surface area contributed by atoms with E-state index in [9.17, 15) is 26.3 Å². The fourth-order valence-corrected chi connectivity index (χ4v) is 24.0. The van der Waals surface area contributed by atoms with Gasteiger partial charge in [-0.1, -0.05) is 89.0 Å². The number of fused-ring (bicyclic) bond motifs is 3. The van der Waals surface area contributed by atoms with Gasteiger partial charge < -0.3 is 75.3 Å². The maximum absolute atomic E-state index is 15.6. The Morgan fingerprint density at radius 1 is 0.250 bits per heavy atom. The summed E-state index contributed by atoms with van der Waals surface area (Å²) in [5, 5.41) is 4.00. The fourth-order valence-electron chi connectivity index (χ4n) is 15.0. The molecule has 16 nitrogen and oxygen atoms in total. The summed E-state index contributed by atoms with van der Waals surface area (Å²) in [6, 6.07) is 60.6. The normalized spacial score (nSPS) is 13.8. The van der Waals surface area contributed by atoms with E-state index in [1.54, 1.807) is 162 Å². The number of ether oxygens (including phenoxy) is 13. The maximum Gasteiger partial charge on any atom is 0.586 e. The maximum atomic E-state index is 15.6. The minimum atomic E-state index is -3.90. The van der Waals surface area contributed by atoms with Crippen molar-refractivity contribution >= 4 is 69.2 Å². The predicted octanol–water partition coefficient (Wildman–Crippen LogP) is 20.1. The Hall–Kier alpha value is -11.7. The summed E-state index contributed by atoms with van der Waals surface area (Å²) in [4.78, 5) is 0. The van der Waals surface area contributed by atoms with Crippen LogP contribution in [0.4, 0.5) is 26.3 Å². The van der Waals surface area contributed by atoms with Crippen molar-refractivity contribution in [2.24, 2.45) is 0 Å². The lowest BCUT2D eigenvalue weighted by atomic mass is 10.1. The highest BCUT2D eigenvalue weighted by Crippen LogP contribution is 2.57. The van der Waals surface area contributed by atoms with Crippen LogP contribution in [0, 0.1) is 83.1 Å². The average Bonchev–Trinajstić information content (AvgIpc) is 1.06. The van der Waals surface area contributed by atoms with Gasteiger partial charge in [0.05, 0.1) is 28.4 Å². The predicted molar refractivity (Wildman–Crippen MR) is 439 cm³/mol. The van der Waals surface area contributed by atoms with Gasteiger partial charge in [-0.05, 0) is 273 Å². The minimum Gasteiger partial charge on any atom is -0.496 e. The zero-order chi connectivity index (χ0) is 83.3. The van der Waals surface area contributed by atoms with Crippen molar-refractivity contribution < 1.29 is 102 Å². The molecule has 3 aliphatic rings. The number of methoxy groups -OCH3 is 4. The highest BCUT2D eigenvalue weighted by atomic mass is 31.2. The first-order valence-electron chi connectivity index (χ1n) is 36.6. The molecule has 0 amide bonds. The summed E-state index contributed by atoms with van der Waals surface area (Å²) in [5.41, 5.74) is 10.1. The Morgan fingerprint density at radius 2 is 0.440 bits per heavy atom. The van der Waals surface area contributed by atoms with Crippen LogP contribution in [0.3, 0.4) is 0 Å². The van der Waals surface area contributed by atoms with Crippen LogP contribution in [0.25, 0.3) is 0 Å². The molecule has 0 N–H and O–H groups in total. The van der Waals surface area contributed by atoms with Gasteiger partial charge in [-0.3, -0.25) is 0 Å². The number of alkyl halides is 6. The molecule has 0 aliphatic carbocycles. The van der Waals surface area contributed by atoms with E-state index >= 15 is 13.7 Å². The summed E-state index contributed by atoms with van der Waals surface area (Å²) in [6.45, 7) is 22.7. The third-order valence-corrected chi connectivity index (χ3v) is 28.4. The quantitative estimate of drug-likeness (QED) is 0.0552. The van der Waals surface area contributed by atoms with E-state index in [-0.39, 0.29) is 62.4 Å². The van der Waals surface area contributed by atoms with Crippen molar-refractivity contribution in [3.63, 3.8) is 0 Å². The first-order chi connectivity index (χ1) is 55.0. The Morgan fingerprint density at radius 3 is 0.638 bits per heavy atom. The van der Waals surface area contributed by atoms with Gasteiger partial charge in [-0.2, -0.15) is 0 Å². The van der Waals surface area contributed by atoms with E-state index in [1.165, 1.54) is 36.4 Å².